The quantitative estimate of drug-likeness (QED) is 0.475. The molecule has 32 heavy (non-hydrogen) atoms. The molecule has 1 aromatic carbocycles. The van der Waals surface area contributed by atoms with E-state index in [0.29, 0.717) is 19.1 Å². The van der Waals surface area contributed by atoms with E-state index in [2.05, 4.69) is 30.5 Å². The van der Waals surface area contributed by atoms with E-state index < -0.39 is 0 Å². The molecule has 1 aliphatic carbocycles. The van der Waals surface area contributed by atoms with Crippen LogP contribution >= 0.6 is 11.3 Å². The number of hydrogen-bond donors (Lipinski definition) is 2. The van der Waals surface area contributed by atoms with E-state index in [9.17, 15) is 4.79 Å². The van der Waals surface area contributed by atoms with Crippen molar-refractivity contribution in [1.82, 2.24) is 20.3 Å². The summed E-state index contributed by atoms with van der Waals surface area (Å²) in [6.07, 6.45) is 3.29. The summed E-state index contributed by atoms with van der Waals surface area (Å²) < 4.78 is 12.2. The molecule has 9 nitrogen and oxygen atoms in total. The van der Waals surface area contributed by atoms with Gasteiger partial charge in [0.2, 0.25) is 11.9 Å². The van der Waals surface area contributed by atoms with Crippen LogP contribution in [0.25, 0.3) is 10.2 Å². The Bertz CT molecular complexity index is 1080. The van der Waals surface area contributed by atoms with Crippen LogP contribution in [0.15, 0.2) is 36.0 Å². The predicted octanol–water partition coefficient (Wildman–Crippen LogP) is 2.31. The number of hydrogen-bond acceptors (Lipinski definition) is 9. The van der Waals surface area contributed by atoms with Crippen LogP contribution in [-0.4, -0.2) is 66.4 Å². The number of nitrogens with zero attached hydrogens (tertiary/aromatic N) is 4. The Labute approximate surface area is 190 Å². The molecule has 2 aromatic heterocycles. The minimum Gasteiger partial charge on any atom is -0.488 e. The number of nitrogens with one attached hydrogen (secondary N) is 2. The number of aromatic nitrogens is 3. The maximum atomic E-state index is 12.6. The zero-order chi connectivity index (χ0) is 21.9. The SMILES string of the molecule is COCCNc1nccc(N2CC(NC(=O)C3CC(Oc4cccc5scnc45)C3)C2)n1. The maximum absolute atomic E-state index is 12.6. The summed E-state index contributed by atoms with van der Waals surface area (Å²) in [5.41, 5.74) is 2.73. The Morgan fingerprint density at radius 1 is 1.25 bits per heavy atom. The third-order valence-electron chi connectivity index (χ3n) is 5.86. The lowest BCUT2D eigenvalue weighted by molar-refractivity contribution is -0.131. The van der Waals surface area contributed by atoms with Crippen LogP contribution in [-0.2, 0) is 9.53 Å². The molecule has 0 spiro atoms. The van der Waals surface area contributed by atoms with Crippen molar-refractivity contribution in [3.8, 4) is 5.75 Å². The first kappa shape index (κ1) is 20.9. The monoisotopic (exact) mass is 454 g/mol. The summed E-state index contributed by atoms with van der Waals surface area (Å²) in [5, 5.41) is 6.30. The lowest BCUT2D eigenvalue weighted by Gasteiger charge is -2.42. The number of methoxy groups -OCH3 is 1. The number of fused-ring (bicyclic) bond motifs is 1. The molecule has 2 fully saturated rings. The molecule has 2 N–H and O–H groups in total. The van der Waals surface area contributed by atoms with E-state index in [1.165, 1.54) is 0 Å². The Balaban J connectivity index is 1.05. The van der Waals surface area contributed by atoms with E-state index in [-0.39, 0.29) is 24.0 Å². The molecular formula is C22H26N6O3S. The van der Waals surface area contributed by atoms with Crippen molar-refractivity contribution in [3.63, 3.8) is 0 Å². The molecule has 3 aromatic rings. The molecule has 2 aliphatic rings. The highest BCUT2D eigenvalue weighted by Crippen LogP contribution is 2.35. The smallest absolute Gasteiger partial charge is 0.224 e. The summed E-state index contributed by atoms with van der Waals surface area (Å²) >= 11 is 1.60. The fourth-order valence-corrected chi connectivity index (χ4v) is 4.66. The molecule has 0 atom stereocenters. The molecule has 168 valence electrons. The van der Waals surface area contributed by atoms with Gasteiger partial charge < -0.3 is 25.0 Å². The number of para-hydroxylation sites is 1. The molecule has 0 radical (unpaired) electrons. The predicted molar refractivity (Wildman–Crippen MR) is 123 cm³/mol. The Morgan fingerprint density at radius 3 is 2.97 bits per heavy atom. The number of rotatable bonds is 9. The zero-order valence-electron chi connectivity index (χ0n) is 17.9. The maximum Gasteiger partial charge on any atom is 0.224 e. The van der Waals surface area contributed by atoms with E-state index in [1.54, 1.807) is 24.6 Å². The Morgan fingerprint density at radius 2 is 2.12 bits per heavy atom. The van der Waals surface area contributed by atoms with Gasteiger partial charge in [0.05, 0.1) is 22.9 Å². The van der Waals surface area contributed by atoms with Crippen LogP contribution in [0.4, 0.5) is 11.8 Å². The van der Waals surface area contributed by atoms with Gasteiger partial charge in [-0.05, 0) is 31.0 Å². The first-order valence-electron chi connectivity index (χ1n) is 10.8. The molecule has 3 heterocycles. The van der Waals surface area contributed by atoms with Crippen LogP contribution in [0.3, 0.4) is 0 Å². The molecule has 10 heteroatoms. The summed E-state index contributed by atoms with van der Waals surface area (Å²) in [4.78, 5) is 27.9. The van der Waals surface area contributed by atoms with Gasteiger partial charge >= 0.3 is 0 Å². The van der Waals surface area contributed by atoms with E-state index in [0.717, 1.165) is 47.7 Å². The summed E-state index contributed by atoms with van der Waals surface area (Å²) in [6, 6.07) is 8.00. The minimum absolute atomic E-state index is 0.0133. The van der Waals surface area contributed by atoms with Crippen molar-refractivity contribution in [2.24, 2.45) is 5.92 Å². The van der Waals surface area contributed by atoms with E-state index in [1.807, 2.05) is 29.8 Å². The van der Waals surface area contributed by atoms with Crippen LogP contribution in [0.1, 0.15) is 12.8 Å². The number of thiazole rings is 1. The van der Waals surface area contributed by atoms with Gasteiger partial charge in [-0.1, -0.05) is 6.07 Å². The second kappa shape index (κ2) is 9.25. The number of ether oxygens (including phenoxy) is 2. The first-order chi connectivity index (χ1) is 15.7. The summed E-state index contributed by atoms with van der Waals surface area (Å²) in [5.74, 6) is 2.38. The molecule has 5 rings (SSSR count). The Hall–Kier alpha value is -2.98. The van der Waals surface area contributed by atoms with Crippen LogP contribution in [0.5, 0.6) is 5.75 Å². The largest absolute Gasteiger partial charge is 0.488 e. The van der Waals surface area contributed by atoms with Gasteiger partial charge in [0.15, 0.2) is 0 Å². The fraction of sp³-hybridized carbons (Fsp3) is 0.455. The highest BCUT2D eigenvalue weighted by atomic mass is 32.1. The number of anilines is 2. The number of amides is 1. The third kappa shape index (κ3) is 4.46. The lowest BCUT2D eigenvalue weighted by Crippen LogP contribution is -2.61. The van der Waals surface area contributed by atoms with Crippen molar-refractivity contribution in [2.45, 2.75) is 25.0 Å². The van der Waals surface area contributed by atoms with Gasteiger partial charge in [-0.3, -0.25) is 4.79 Å². The molecule has 1 saturated carbocycles. The van der Waals surface area contributed by atoms with Gasteiger partial charge in [-0.15, -0.1) is 11.3 Å². The average Bonchev–Trinajstić information content (AvgIpc) is 3.22. The third-order valence-corrected chi connectivity index (χ3v) is 6.66. The highest BCUT2D eigenvalue weighted by Gasteiger charge is 2.39. The minimum atomic E-state index is 0.0133. The van der Waals surface area contributed by atoms with Crippen LogP contribution in [0, 0.1) is 5.92 Å². The van der Waals surface area contributed by atoms with Crippen molar-refractivity contribution in [2.75, 3.05) is 43.6 Å². The van der Waals surface area contributed by atoms with Crippen LogP contribution in [0.2, 0.25) is 0 Å². The van der Waals surface area contributed by atoms with Crippen molar-refractivity contribution >= 4 is 39.2 Å². The first-order valence-corrected chi connectivity index (χ1v) is 11.7. The molecule has 1 saturated heterocycles. The standard InChI is InChI=1S/C22H26N6O3S/c1-30-8-7-24-22-23-6-5-19(27-22)28-11-15(12-28)26-21(29)14-9-16(10-14)31-17-3-2-4-18-20(17)25-13-32-18/h2-6,13-16H,7-12H2,1H3,(H,26,29)(H,23,24,27). The average molecular weight is 455 g/mol. The number of carbonyl (C=O) groups excluding carboxylic acids is 1. The second-order valence-corrected chi connectivity index (χ2v) is 9.02. The Kier molecular flexibility index (Phi) is 6.04. The summed E-state index contributed by atoms with van der Waals surface area (Å²) in [6.45, 7) is 2.75. The topological polar surface area (TPSA) is 102 Å². The summed E-state index contributed by atoms with van der Waals surface area (Å²) in [7, 11) is 1.66. The molecule has 0 bridgehead atoms. The van der Waals surface area contributed by atoms with Gasteiger partial charge in [-0.2, -0.15) is 4.98 Å². The van der Waals surface area contributed by atoms with Gasteiger partial charge in [0.1, 0.15) is 23.2 Å². The zero-order valence-corrected chi connectivity index (χ0v) is 18.7. The van der Waals surface area contributed by atoms with Gasteiger partial charge in [0.25, 0.3) is 0 Å². The second-order valence-electron chi connectivity index (χ2n) is 8.13. The van der Waals surface area contributed by atoms with Crippen LogP contribution < -0.4 is 20.3 Å². The number of carbonyl (C=O) groups is 1. The molecule has 1 amide bonds. The molecule has 1 aliphatic heterocycles. The molecule has 0 unspecified atom stereocenters. The molecular weight excluding hydrogens is 428 g/mol. The van der Waals surface area contributed by atoms with Crippen molar-refractivity contribution in [3.05, 3.63) is 36.0 Å². The van der Waals surface area contributed by atoms with Gasteiger partial charge in [-0.25, -0.2) is 9.97 Å². The fourth-order valence-electron chi connectivity index (χ4n) is 3.96. The van der Waals surface area contributed by atoms with Crippen molar-refractivity contribution < 1.29 is 14.3 Å². The van der Waals surface area contributed by atoms with E-state index >= 15 is 0 Å². The highest BCUT2D eigenvalue weighted by molar-refractivity contribution is 7.16. The normalized spacial score (nSPS) is 20.5. The van der Waals surface area contributed by atoms with E-state index in [4.69, 9.17) is 9.47 Å². The van der Waals surface area contributed by atoms with Crippen molar-refractivity contribution in [1.29, 1.82) is 0 Å². The number of benzene rings is 1. The lowest BCUT2D eigenvalue weighted by atomic mass is 9.81. The van der Waals surface area contributed by atoms with Gasteiger partial charge in [0, 0.05) is 38.9 Å².